The molecule has 108 valence electrons. The Labute approximate surface area is 124 Å². The zero-order valence-corrected chi connectivity index (χ0v) is 12.0. The number of ether oxygens (including phenoxy) is 1. The van der Waals surface area contributed by atoms with Crippen LogP contribution in [0.25, 0.3) is 0 Å². The van der Waals surface area contributed by atoms with E-state index in [0.717, 1.165) is 24.0 Å². The maximum absolute atomic E-state index is 10.1. The third kappa shape index (κ3) is 2.93. The van der Waals surface area contributed by atoms with Crippen molar-refractivity contribution in [1.82, 2.24) is 4.57 Å². The molecule has 3 rings (SSSR count). The first kappa shape index (κ1) is 13.7. The Hall–Kier alpha value is -2.25. The maximum Gasteiger partial charge on any atom is 0.136 e. The molecule has 1 aromatic heterocycles. The second-order valence-electron chi connectivity index (χ2n) is 5.55. The third-order valence-electron chi connectivity index (χ3n) is 3.93. The smallest absolute Gasteiger partial charge is 0.136 e. The molecule has 2 aromatic rings. The van der Waals surface area contributed by atoms with Crippen molar-refractivity contribution < 1.29 is 9.84 Å². The Kier molecular flexibility index (Phi) is 3.68. The molecule has 0 amide bonds. The number of aliphatic hydroxyl groups excluding tert-OH is 1. The monoisotopic (exact) mass is 282 g/mol. The van der Waals surface area contributed by atoms with Crippen LogP contribution in [0.15, 0.2) is 36.7 Å². The van der Waals surface area contributed by atoms with Gasteiger partial charge in [-0.3, -0.25) is 0 Å². The van der Waals surface area contributed by atoms with Crippen LogP contribution in [0.1, 0.15) is 35.6 Å². The number of nitriles is 1. The van der Waals surface area contributed by atoms with E-state index in [0.29, 0.717) is 23.8 Å². The topological polar surface area (TPSA) is 58.2 Å². The van der Waals surface area contributed by atoms with Crippen LogP contribution in [0.2, 0.25) is 0 Å². The lowest BCUT2D eigenvalue weighted by atomic mass is 10.1. The van der Waals surface area contributed by atoms with E-state index < -0.39 is 0 Å². The van der Waals surface area contributed by atoms with Crippen LogP contribution in [-0.4, -0.2) is 16.8 Å². The number of methoxy groups -OCH3 is 1. The molecular weight excluding hydrogens is 264 g/mol. The summed E-state index contributed by atoms with van der Waals surface area (Å²) in [5.74, 6) is 1.04. The molecule has 0 aliphatic heterocycles. The van der Waals surface area contributed by atoms with Crippen LogP contribution in [0, 0.1) is 17.2 Å². The van der Waals surface area contributed by atoms with Gasteiger partial charge >= 0.3 is 0 Å². The van der Waals surface area contributed by atoms with E-state index in [9.17, 15) is 5.11 Å². The molecule has 21 heavy (non-hydrogen) atoms. The van der Waals surface area contributed by atoms with Crippen molar-refractivity contribution in [2.45, 2.75) is 25.5 Å². The number of rotatable bonds is 5. The minimum atomic E-state index is -0.332. The van der Waals surface area contributed by atoms with Crippen molar-refractivity contribution in [3.05, 3.63) is 53.3 Å². The Morgan fingerprint density at radius 3 is 2.90 bits per heavy atom. The van der Waals surface area contributed by atoms with Crippen molar-refractivity contribution >= 4 is 0 Å². The van der Waals surface area contributed by atoms with Gasteiger partial charge in [-0.1, -0.05) is 6.07 Å². The highest BCUT2D eigenvalue weighted by Gasteiger charge is 2.31. The lowest BCUT2D eigenvalue weighted by Crippen LogP contribution is -2.00. The maximum atomic E-state index is 10.1. The fourth-order valence-corrected chi connectivity index (χ4v) is 2.55. The van der Waals surface area contributed by atoms with Gasteiger partial charge in [-0.15, -0.1) is 0 Å². The van der Waals surface area contributed by atoms with Crippen molar-refractivity contribution in [2.24, 2.45) is 5.92 Å². The third-order valence-corrected chi connectivity index (χ3v) is 3.93. The van der Waals surface area contributed by atoms with Gasteiger partial charge in [-0.2, -0.15) is 5.26 Å². The standard InChI is InChI=1S/C17H18N2O2/c1-21-16-8-12(2-3-14(16)9-18)10-19-7-6-15(11-19)17(20)13-4-5-13/h2-3,6-8,11,13,17,20H,4-5,10H2,1H3. The van der Waals surface area contributed by atoms with Crippen LogP contribution in [0.3, 0.4) is 0 Å². The summed E-state index contributed by atoms with van der Waals surface area (Å²) in [4.78, 5) is 0. The van der Waals surface area contributed by atoms with Gasteiger partial charge in [-0.25, -0.2) is 0 Å². The van der Waals surface area contributed by atoms with Crippen molar-refractivity contribution in [2.75, 3.05) is 7.11 Å². The number of aromatic nitrogens is 1. The minimum absolute atomic E-state index is 0.332. The van der Waals surface area contributed by atoms with Gasteiger partial charge < -0.3 is 14.4 Å². The van der Waals surface area contributed by atoms with Crippen LogP contribution in [0.5, 0.6) is 5.75 Å². The van der Waals surface area contributed by atoms with Crippen molar-refractivity contribution in [3.63, 3.8) is 0 Å². The molecule has 1 saturated carbocycles. The van der Waals surface area contributed by atoms with E-state index in [1.165, 1.54) is 0 Å². The molecule has 0 radical (unpaired) electrons. The Bertz CT molecular complexity index is 680. The molecule has 0 spiro atoms. The molecular formula is C17H18N2O2. The molecule has 1 aliphatic rings. The first-order chi connectivity index (χ1) is 10.2. The molecule has 0 bridgehead atoms. The van der Waals surface area contributed by atoms with E-state index in [1.54, 1.807) is 13.2 Å². The normalized spacial score (nSPS) is 15.5. The Morgan fingerprint density at radius 1 is 1.43 bits per heavy atom. The fourth-order valence-electron chi connectivity index (χ4n) is 2.55. The number of aliphatic hydroxyl groups is 1. The van der Waals surface area contributed by atoms with E-state index >= 15 is 0 Å². The summed E-state index contributed by atoms with van der Waals surface area (Å²) in [7, 11) is 1.57. The number of benzene rings is 1. The lowest BCUT2D eigenvalue weighted by Gasteiger charge is -2.08. The van der Waals surface area contributed by atoms with E-state index in [-0.39, 0.29) is 6.10 Å². The predicted octanol–water partition coefficient (Wildman–Crippen LogP) is 2.86. The molecule has 0 saturated heterocycles. The highest BCUT2D eigenvalue weighted by atomic mass is 16.5. The molecule has 1 heterocycles. The summed E-state index contributed by atoms with van der Waals surface area (Å²) >= 11 is 0. The second-order valence-corrected chi connectivity index (χ2v) is 5.55. The Morgan fingerprint density at radius 2 is 2.24 bits per heavy atom. The van der Waals surface area contributed by atoms with Crippen LogP contribution in [-0.2, 0) is 6.54 Å². The molecule has 1 atom stereocenters. The molecule has 1 aliphatic carbocycles. The highest BCUT2D eigenvalue weighted by molar-refractivity contribution is 5.45. The molecule has 1 aromatic carbocycles. The molecule has 1 N–H and O–H groups in total. The largest absolute Gasteiger partial charge is 0.495 e. The summed E-state index contributed by atoms with van der Waals surface area (Å²) in [5.41, 5.74) is 2.59. The highest BCUT2D eigenvalue weighted by Crippen LogP contribution is 2.40. The SMILES string of the molecule is COc1cc(Cn2ccc(C(O)C3CC3)c2)ccc1C#N. The summed E-state index contributed by atoms with van der Waals surface area (Å²) in [5, 5.41) is 19.1. The zero-order chi connectivity index (χ0) is 14.8. The number of hydrogen-bond acceptors (Lipinski definition) is 3. The van der Waals surface area contributed by atoms with Gasteiger partial charge in [0.25, 0.3) is 0 Å². The molecule has 4 heteroatoms. The fraction of sp³-hybridized carbons (Fsp3) is 0.353. The van der Waals surface area contributed by atoms with E-state index in [1.807, 2.05) is 35.2 Å². The lowest BCUT2D eigenvalue weighted by molar-refractivity contribution is 0.154. The van der Waals surface area contributed by atoms with Crippen LogP contribution >= 0.6 is 0 Å². The predicted molar refractivity (Wildman–Crippen MR) is 78.9 cm³/mol. The Balaban J connectivity index is 1.76. The number of hydrogen-bond donors (Lipinski definition) is 1. The summed E-state index contributed by atoms with van der Waals surface area (Å²) in [6.45, 7) is 0.694. The summed E-state index contributed by atoms with van der Waals surface area (Å²) in [6, 6.07) is 9.68. The van der Waals surface area contributed by atoms with Crippen molar-refractivity contribution in [1.29, 1.82) is 5.26 Å². The van der Waals surface area contributed by atoms with Gasteiger partial charge in [0.2, 0.25) is 0 Å². The zero-order valence-electron chi connectivity index (χ0n) is 12.0. The van der Waals surface area contributed by atoms with Crippen molar-refractivity contribution in [3.8, 4) is 11.8 Å². The van der Waals surface area contributed by atoms with Crippen LogP contribution < -0.4 is 4.74 Å². The second kappa shape index (κ2) is 5.63. The van der Waals surface area contributed by atoms with Gasteiger partial charge in [0.15, 0.2) is 0 Å². The first-order valence-electron chi connectivity index (χ1n) is 7.12. The molecule has 1 fully saturated rings. The van der Waals surface area contributed by atoms with Crippen LogP contribution in [0.4, 0.5) is 0 Å². The van der Waals surface area contributed by atoms with Gasteiger partial charge in [-0.05, 0) is 48.1 Å². The van der Waals surface area contributed by atoms with E-state index in [2.05, 4.69) is 6.07 Å². The minimum Gasteiger partial charge on any atom is -0.495 e. The molecule has 4 nitrogen and oxygen atoms in total. The quantitative estimate of drug-likeness (QED) is 0.917. The molecule has 1 unspecified atom stereocenters. The average molecular weight is 282 g/mol. The van der Waals surface area contributed by atoms with E-state index in [4.69, 9.17) is 10.00 Å². The average Bonchev–Trinajstić information content (AvgIpc) is 3.26. The van der Waals surface area contributed by atoms with Gasteiger partial charge in [0.1, 0.15) is 11.8 Å². The summed E-state index contributed by atoms with van der Waals surface area (Å²) in [6.07, 6.45) is 5.89. The van der Waals surface area contributed by atoms with Gasteiger partial charge in [0.05, 0.1) is 18.8 Å². The first-order valence-corrected chi connectivity index (χ1v) is 7.12. The number of nitrogens with zero attached hydrogens (tertiary/aromatic N) is 2. The van der Waals surface area contributed by atoms with Gasteiger partial charge in [0, 0.05) is 18.9 Å². The summed E-state index contributed by atoms with van der Waals surface area (Å²) < 4.78 is 7.27.